The van der Waals surface area contributed by atoms with Crippen molar-refractivity contribution in [1.29, 1.82) is 5.26 Å². The average molecular weight is 469 g/mol. The number of aromatic nitrogens is 3. The lowest BCUT2D eigenvalue weighted by Gasteiger charge is -2.31. The van der Waals surface area contributed by atoms with Gasteiger partial charge in [0.2, 0.25) is 0 Å². The van der Waals surface area contributed by atoms with Crippen LogP contribution in [0.5, 0.6) is 5.75 Å². The Kier molecular flexibility index (Phi) is 6.16. The van der Waals surface area contributed by atoms with E-state index in [-0.39, 0.29) is 36.1 Å². The highest BCUT2D eigenvalue weighted by atomic mass is 32.2. The van der Waals surface area contributed by atoms with E-state index < -0.39 is 20.6 Å². The predicted octanol–water partition coefficient (Wildman–Crippen LogP) is 0.965. The molecule has 0 N–H and O–H groups in total. The number of piperazine rings is 1. The molecular formula is C22H24N6O4S. The molecule has 2 aromatic heterocycles. The molecule has 0 aliphatic carbocycles. The third kappa shape index (κ3) is 4.20. The number of sulfonamides is 1. The number of fused-ring (bicyclic) bond motifs is 1. The van der Waals surface area contributed by atoms with E-state index in [1.807, 2.05) is 30.1 Å². The van der Waals surface area contributed by atoms with Gasteiger partial charge in [0.1, 0.15) is 23.2 Å². The van der Waals surface area contributed by atoms with Gasteiger partial charge in [0.25, 0.3) is 15.6 Å². The van der Waals surface area contributed by atoms with Crippen molar-refractivity contribution in [2.75, 3.05) is 40.3 Å². The van der Waals surface area contributed by atoms with Gasteiger partial charge in [-0.2, -0.15) is 9.57 Å². The van der Waals surface area contributed by atoms with Crippen molar-refractivity contribution in [2.45, 2.75) is 18.5 Å². The Morgan fingerprint density at radius 3 is 2.42 bits per heavy atom. The Labute approximate surface area is 191 Å². The zero-order chi connectivity index (χ0) is 23.8. The van der Waals surface area contributed by atoms with Crippen LogP contribution in [-0.2, 0) is 16.6 Å². The van der Waals surface area contributed by atoms with Crippen molar-refractivity contribution in [3.63, 3.8) is 0 Å². The van der Waals surface area contributed by atoms with E-state index in [4.69, 9.17) is 4.74 Å². The van der Waals surface area contributed by atoms with Crippen LogP contribution in [0.3, 0.4) is 0 Å². The lowest BCUT2D eigenvalue weighted by molar-refractivity contribution is 0.222. The summed E-state index contributed by atoms with van der Waals surface area (Å²) in [5.74, 6) is 1.12. The second-order valence-corrected chi connectivity index (χ2v) is 9.77. The summed E-state index contributed by atoms with van der Waals surface area (Å²) < 4.78 is 34.5. The summed E-state index contributed by atoms with van der Waals surface area (Å²) in [6.07, 6.45) is 1.26. The molecule has 1 aromatic carbocycles. The molecule has 3 heterocycles. The molecule has 4 rings (SSSR count). The minimum Gasteiger partial charge on any atom is -0.497 e. The molecular weight excluding hydrogens is 444 g/mol. The van der Waals surface area contributed by atoms with Crippen molar-refractivity contribution in [2.24, 2.45) is 0 Å². The van der Waals surface area contributed by atoms with E-state index in [0.29, 0.717) is 24.7 Å². The van der Waals surface area contributed by atoms with Gasteiger partial charge < -0.3 is 9.64 Å². The maximum Gasteiger partial charge on any atom is 0.263 e. The van der Waals surface area contributed by atoms with Crippen molar-refractivity contribution >= 4 is 20.9 Å². The number of nitriles is 1. The molecule has 1 aliphatic rings. The molecule has 1 aliphatic heterocycles. The molecule has 1 saturated heterocycles. The van der Waals surface area contributed by atoms with E-state index in [0.717, 1.165) is 5.56 Å². The Morgan fingerprint density at radius 1 is 1.15 bits per heavy atom. The highest BCUT2D eigenvalue weighted by Crippen LogP contribution is 2.24. The van der Waals surface area contributed by atoms with Gasteiger partial charge in [0.05, 0.1) is 30.8 Å². The quantitative estimate of drug-likeness (QED) is 0.543. The number of pyridine rings is 1. The molecule has 0 unspecified atom stereocenters. The van der Waals surface area contributed by atoms with E-state index >= 15 is 0 Å². The zero-order valence-electron chi connectivity index (χ0n) is 18.6. The van der Waals surface area contributed by atoms with Gasteiger partial charge in [-0.25, -0.2) is 18.4 Å². The minimum absolute atomic E-state index is 0.0423. The van der Waals surface area contributed by atoms with Crippen LogP contribution in [0, 0.1) is 18.3 Å². The van der Waals surface area contributed by atoms with Crippen LogP contribution in [0.25, 0.3) is 10.9 Å². The van der Waals surface area contributed by atoms with Crippen LogP contribution in [-0.4, -0.2) is 72.5 Å². The smallest absolute Gasteiger partial charge is 0.263 e. The lowest BCUT2D eigenvalue weighted by atomic mass is 10.1. The van der Waals surface area contributed by atoms with Crippen LogP contribution >= 0.6 is 0 Å². The van der Waals surface area contributed by atoms with Gasteiger partial charge in [0, 0.05) is 26.2 Å². The standard InChI is InChI=1S/C22H24N6O4S/c1-15-25-19-13-24-21(33(30,31)27-10-8-26(2)9-11-27)18(12-23)20(19)22(29)28(15)14-16-4-6-17(32-3)7-5-16/h4-7,13H,8-11,14H2,1-3H3. The molecule has 0 radical (unpaired) electrons. The number of methoxy groups -OCH3 is 1. The van der Waals surface area contributed by atoms with Crippen molar-refractivity contribution in [1.82, 2.24) is 23.7 Å². The fourth-order valence-electron chi connectivity index (χ4n) is 3.85. The second-order valence-electron chi connectivity index (χ2n) is 7.92. The molecule has 10 nitrogen and oxygen atoms in total. The molecule has 33 heavy (non-hydrogen) atoms. The molecule has 0 amide bonds. The predicted molar refractivity (Wildman–Crippen MR) is 122 cm³/mol. The normalized spacial score (nSPS) is 15.5. The number of hydrogen-bond acceptors (Lipinski definition) is 8. The van der Waals surface area contributed by atoms with Crippen LogP contribution in [0.2, 0.25) is 0 Å². The van der Waals surface area contributed by atoms with Gasteiger partial charge >= 0.3 is 0 Å². The molecule has 1 fully saturated rings. The Morgan fingerprint density at radius 2 is 1.82 bits per heavy atom. The summed E-state index contributed by atoms with van der Waals surface area (Å²) in [4.78, 5) is 24.0. The third-order valence-electron chi connectivity index (χ3n) is 5.81. The van der Waals surface area contributed by atoms with Gasteiger partial charge in [-0.1, -0.05) is 12.1 Å². The van der Waals surface area contributed by atoms with Crippen molar-refractivity contribution in [3.8, 4) is 11.8 Å². The number of hydrogen-bond donors (Lipinski definition) is 0. The van der Waals surface area contributed by atoms with E-state index in [1.165, 1.54) is 15.1 Å². The van der Waals surface area contributed by atoms with Gasteiger partial charge in [0.15, 0.2) is 5.03 Å². The molecule has 0 atom stereocenters. The van der Waals surface area contributed by atoms with Crippen LogP contribution in [0.15, 0.2) is 40.3 Å². The van der Waals surface area contributed by atoms with Gasteiger partial charge in [-0.05, 0) is 31.7 Å². The van der Waals surface area contributed by atoms with Crippen LogP contribution in [0.1, 0.15) is 17.0 Å². The third-order valence-corrected chi connectivity index (χ3v) is 7.66. The Bertz CT molecular complexity index is 1400. The number of ether oxygens (including phenoxy) is 1. The fourth-order valence-corrected chi connectivity index (χ4v) is 5.33. The van der Waals surface area contributed by atoms with E-state index in [9.17, 15) is 18.5 Å². The minimum atomic E-state index is -4.04. The first-order valence-corrected chi connectivity index (χ1v) is 11.8. The first-order chi connectivity index (χ1) is 15.8. The number of nitrogens with zero attached hydrogens (tertiary/aromatic N) is 6. The molecule has 0 spiro atoms. The fraction of sp³-hybridized carbons (Fsp3) is 0.364. The molecule has 0 saturated carbocycles. The zero-order valence-corrected chi connectivity index (χ0v) is 19.5. The van der Waals surface area contributed by atoms with E-state index in [2.05, 4.69) is 9.97 Å². The SMILES string of the molecule is COc1ccc(Cn2c(C)nc3cnc(S(=O)(=O)N4CCN(C)CC4)c(C#N)c3c2=O)cc1. The van der Waals surface area contributed by atoms with Gasteiger partial charge in [-0.3, -0.25) is 9.36 Å². The van der Waals surface area contributed by atoms with Crippen molar-refractivity contribution < 1.29 is 13.2 Å². The second kappa shape index (κ2) is 8.90. The summed E-state index contributed by atoms with van der Waals surface area (Å²) >= 11 is 0. The van der Waals surface area contributed by atoms with Crippen molar-refractivity contribution in [3.05, 3.63) is 57.8 Å². The maximum atomic E-state index is 13.5. The molecule has 11 heteroatoms. The number of rotatable bonds is 5. The first kappa shape index (κ1) is 22.8. The first-order valence-electron chi connectivity index (χ1n) is 10.4. The number of benzene rings is 1. The largest absolute Gasteiger partial charge is 0.497 e. The number of likely N-dealkylation sites (N-methyl/N-ethyl adjacent to an activating group) is 1. The summed E-state index contributed by atoms with van der Waals surface area (Å²) in [6, 6.07) is 9.14. The highest BCUT2D eigenvalue weighted by molar-refractivity contribution is 7.89. The molecule has 3 aromatic rings. The monoisotopic (exact) mass is 468 g/mol. The summed E-state index contributed by atoms with van der Waals surface area (Å²) in [5.41, 5.74) is 0.270. The van der Waals surface area contributed by atoms with Gasteiger partial charge in [-0.15, -0.1) is 0 Å². The number of aryl methyl sites for hydroxylation is 1. The summed E-state index contributed by atoms with van der Waals surface area (Å²) in [6.45, 7) is 3.62. The Hall–Kier alpha value is -3.33. The molecule has 172 valence electrons. The maximum absolute atomic E-state index is 13.5. The average Bonchev–Trinajstić information content (AvgIpc) is 2.81. The van der Waals surface area contributed by atoms with E-state index in [1.54, 1.807) is 26.2 Å². The summed E-state index contributed by atoms with van der Waals surface area (Å²) in [7, 11) is -0.556. The summed E-state index contributed by atoms with van der Waals surface area (Å²) in [5, 5.41) is 9.44. The van der Waals surface area contributed by atoms with Crippen LogP contribution < -0.4 is 10.3 Å². The topological polar surface area (TPSA) is 121 Å². The highest BCUT2D eigenvalue weighted by Gasteiger charge is 2.32. The lowest BCUT2D eigenvalue weighted by Crippen LogP contribution is -2.47. The Balaban J connectivity index is 1.84. The molecule has 0 bridgehead atoms. The van der Waals surface area contributed by atoms with Crippen LogP contribution in [0.4, 0.5) is 0 Å².